The molecule has 1 aromatic heterocycles. The molecular formula is C23H22FN3O3. The van der Waals surface area contributed by atoms with E-state index in [1.807, 2.05) is 29.2 Å². The van der Waals surface area contributed by atoms with Crippen LogP contribution in [0.15, 0.2) is 53.1 Å². The van der Waals surface area contributed by atoms with Crippen molar-refractivity contribution in [2.75, 3.05) is 26.2 Å². The number of ether oxygens (including phenoxy) is 1. The quantitative estimate of drug-likeness (QED) is 0.667. The number of para-hydroxylation sites is 1. The summed E-state index contributed by atoms with van der Waals surface area (Å²) in [6, 6.07) is 14.4. The summed E-state index contributed by atoms with van der Waals surface area (Å²) in [4.78, 5) is 17.0. The van der Waals surface area contributed by atoms with Crippen LogP contribution in [0.25, 0.3) is 11.3 Å². The van der Waals surface area contributed by atoms with Crippen molar-refractivity contribution in [2.24, 2.45) is 0 Å². The van der Waals surface area contributed by atoms with Crippen molar-refractivity contribution in [3.8, 4) is 17.0 Å². The molecule has 30 heavy (non-hydrogen) atoms. The lowest BCUT2D eigenvalue weighted by Crippen LogP contribution is -2.43. The lowest BCUT2D eigenvalue weighted by molar-refractivity contribution is -0.133. The first-order valence-corrected chi connectivity index (χ1v) is 10.1. The normalized spacial score (nSPS) is 16.4. The van der Waals surface area contributed by atoms with Gasteiger partial charge in [-0.2, -0.15) is 0 Å². The molecule has 6 nitrogen and oxygen atoms in total. The number of carbonyl (C=O) groups is 1. The van der Waals surface area contributed by atoms with Gasteiger partial charge in [-0.05, 0) is 18.2 Å². The molecule has 7 heteroatoms. The molecule has 0 fully saturated rings. The first-order valence-electron chi connectivity index (χ1n) is 10.1. The Morgan fingerprint density at radius 2 is 1.90 bits per heavy atom. The number of fused-ring (bicyclic) bond motifs is 2. The van der Waals surface area contributed by atoms with Gasteiger partial charge in [-0.25, -0.2) is 4.39 Å². The fraction of sp³-hybridized carbons (Fsp3) is 0.304. The minimum atomic E-state index is -0.347. The van der Waals surface area contributed by atoms with Crippen LogP contribution in [0.4, 0.5) is 4.39 Å². The smallest absolute Gasteiger partial charge is 0.237 e. The minimum absolute atomic E-state index is 0.0423. The van der Waals surface area contributed by atoms with E-state index in [1.165, 1.54) is 6.07 Å². The van der Waals surface area contributed by atoms with Crippen LogP contribution in [0, 0.1) is 5.82 Å². The summed E-state index contributed by atoms with van der Waals surface area (Å²) >= 11 is 0. The number of nitrogens with zero attached hydrogens (tertiary/aromatic N) is 3. The maximum absolute atomic E-state index is 14.3. The Morgan fingerprint density at radius 3 is 2.80 bits per heavy atom. The van der Waals surface area contributed by atoms with Crippen LogP contribution in [0.3, 0.4) is 0 Å². The summed E-state index contributed by atoms with van der Waals surface area (Å²) in [5.74, 6) is 1.31. The van der Waals surface area contributed by atoms with E-state index in [4.69, 9.17) is 9.26 Å². The van der Waals surface area contributed by atoms with Crippen LogP contribution in [0.5, 0.6) is 5.75 Å². The third-order valence-electron chi connectivity index (χ3n) is 5.70. The summed E-state index contributed by atoms with van der Waals surface area (Å²) in [6.45, 7) is 3.17. The van der Waals surface area contributed by atoms with Crippen LogP contribution in [-0.4, -0.2) is 47.1 Å². The number of amides is 1. The molecule has 0 saturated heterocycles. The molecule has 2 aromatic carbocycles. The Hall–Kier alpha value is -3.19. The molecule has 0 spiro atoms. The monoisotopic (exact) mass is 407 g/mol. The Morgan fingerprint density at radius 1 is 1.07 bits per heavy atom. The van der Waals surface area contributed by atoms with E-state index in [0.29, 0.717) is 57.0 Å². The summed E-state index contributed by atoms with van der Waals surface area (Å²) in [6.07, 6.45) is 0.578. The average molecular weight is 407 g/mol. The number of hydrogen-bond acceptors (Lipinski definition) is 5. The Kier molecular flexibility index (Phi) is 4.96. The number of hydrogen-bond donors (Lipinski definition) is 0. The van der Waals surface area contributed by atoms with Gasteiger partial charge in [0.25, 0.3) is 0 Å². The van der Waals surface area contributed by atoms with Crippen LogP contribution < -0.4 is 4.74 Å². The lowest BCUT2D eigenvalue weighted by Gasteiger charge is -2.29. The van der Waals surface area contributed by atoms with Crippen molar-refractivity contribution in [1.29, 1.82) is 0 Å². The topological polar surface area (TPSA) is 58.8 Å². The number of aromatic nitrogens is 1. The molecule has 2 aliphatic rings. The summed E-state index contributed by atoms with van der Waals surface area (Å²) in [7, 11) is 0. The first-order chi connectivity index (χ1) is 14.7. The summed E-state index contributed by atoms with van der Waals surface area (Å²) in [5.41, 5.74) is 2.77. The maximum atomic E-state index is 14.3. The molecule has 0 atom stereocenters. The molecular weight excluding hydrogens is 385 g/mol. The molecule has 5 rings (SSSR count). The molecule has 0 N–H and O–H groups in total. The van der Waals surface area contributed by atoms with Gasteiger partial charge in [0.1, 0.15) is 29.6 Å². The Labute approximate surface area is 173 Å². The second kappa shape index (κ2) is 7.91. The molecule has 1 amide bonds. The largest absolute Gasteiger partial charge is 0.492 e. The zero-order chi connectivity index (χ0) is 20.5. The molecule has 3 aromatic rings. The van der Waals surface area contributed by atoms with Gasteiger partial charge in [0.05, 0.1) is 13.1 Å². The molecule has 0 unspecified atom stereocenters. The van der Waals surface area contributed by atoms with E-state index in [-0.39, 0.29) is 11.7 Å². The lowest BCUT2D eigenvalue weighted by atomic mass is 10.0. The van der Waals surface area contributed by atoms with E-state index in [9.17, 15) is 9.18 Å². The number of rotatable bonds is 3. The van der Waals surface area contributed by atoms with Crippen LogP contribution in [0.1, 0.15) is 16.9 Å². The van der Waals surface area contributed by atoms with Crippen molar-refractivity contribution in [2.45, 2.75) is 19.5 Å². The Balaban J connectivity index is 1.31. The predicted molar refractivity (Wildman–Crippen MR) is 108 cm³/mol. The second-order valence-corrected chi connectivity index (χ2v) is 7.64. The summed E-state index contributed by atoms with van der Waals surface area (Å²) < 4.78 is 25.5. The van der Waals surface area contributed by atoms with Gasteiger partial charge in [-0.3, -0.25) is 9.69 Å². The van der Waals surface area contributed by atoms with Gasteiger partial charge in [0.15, 0.2) is 0 Å². The van der Waals surface area contributed by atoms with Crippen molar-refractivity contribution in [3.05, 3.63) is 71.2 Å². The van der Waals surface area contributed by atoms with Crippen LogP contribution >= 0.6 is 0 Å². The molecule has 0 radical (unpaired) electrons. The fourth-order valence-corrected chi connectivity index (χ4v) is 4.09. The van der Waals surface area contributed by atoms with Crippen LogP contribution in [-0.2, 0) is 24.3 Å². The fourth-order valence-electron chi connectivity index (χ4n) is 4.09. The average Bonchev–Trinajstić information content (AvgIpc) is 3.07. The molecule has 0 aliphatic carbocycles. The highest BCUT2D eigenvalue weighted by Gasteiger charge is 2.29. The molecule has 3 heterocycles. The highest BCUT2D eigenvalue weighted by Crippen LogP contribution is 2.31. The van der Waals surface area contributed by atoms with Crippen LogP contribution in [0.2, 0.25) is 0 Å². The van der Waals surface area contributed by atoms with Gasteiger partial charge in [-0.15, -0.1) is 0 Å². The third kappa shape index (κ3) is 3.57. The standard InChI is InChI=1S/C23H22FN3O3/c24-19-7-3-2-6-17(19)23-18-14-27(10-9-21(18)30-25-23)22(28)15-26-11-12-29-20-8-4-1-5-16(20)13-26/h1-8H,9-15H2. The number of benzene rings is 2. The van der Waals surface area contributed by atoms with E-state index in [1.54, 1.807) is 18.2 Å². The van der Waals surface area contributed by atoms with E-state index in [2.05, 4.69) is 10.1 Å². The highest BCUT2D eigenvalue weighted by atomic mass is 19.1. The van der Waals surface area contributed by atoms with Gasteiger partial charge < -0.3 is 14.2 Å². The van der Waals surface area contributed by atoms with Crippen molar-refractivity contribution in [3.63, 3.8) is 0 Å². The Bertz CT molecular complexity index is 1080. The second-order valence-electron chi connectivity index (χ2n) is 7.64. The first kappa shape index (κ1) is 18.8. The zero-order valence-electron chi connectivity index (χ0n) is 16.5. The number of halogens is 1. The SMILES string of the molecule is O=C(CN1CCOc2ccccc2C1)N1CCc2onc(-c3ccccc3F)c2C1. The molecule has 0 bridgehead atoms. The van der Waals surface area contributed by atoms with Gasteiger partial charge in [-0.1, -0.05) is 35.5 Å². The third-order valence-corrected chi connectivity index (χ3v) is 5.70. The van der Waals surface area contributed by atoms with Gasteiger partial charge in [0.2, 0.25) is 5.91 Å². The zero-order valence-corrected chi connectivity index (χ0v) is 16.5. The van der Waals surface area contributed by atoms with Crippen molar-refractivity contribution >= 4 is 5.91 Å². The number of carbonyl (C=O) groups excluding carboxylic acids is 1. The predicted octanol–water partition coefficient (Wildman–Crippen LogP) is 3.26. The summed E-state index contributed by atoms with van der Waals surface area (Å²) in [5, 5.41) is 4.10. The molecule has 2 aliphatic heterocycles. The highest BCUT2D eigenvalue weighted by molar-refractivity contribution is 5.79. The van der Waals surface area contributed by atoms with Gasteiger partial charge >= 0.3 is 0 Å². The van der Waals surface area contributed by atoms with Crippen molar-refractivity contribution < 1.29 is 18.4 Å². The van der Waals surface area contributed by atoms with Crippen molar-refractivity contribution in [1.82, 2.24) is 15.0 Å². The maximum Gasteiger partial charge on any atom is 0.237 e. The molecule has 154 valence electrons. The van der Waals surface area contributed by atoms with E-state index < -0.39 is 0 Å². The minimum Gasteiger partial charge on any atom is -0.492 e. The van der Waals surface area contributed by atoms with Gasteiger partial charge in [0, 0.05) is 42.7 Å². The van der Waals surface area contributed by atoms with E-state index >= 15 is 0 Å². The molecule has 0 saturated carbocycles. The van der Waals surface area contributed by atoms with E-state index in [0.717, 1.165) is 22.6 Å².